The largest absolute Gasteiger partial charge is 0.495 e. The molecule has 0 bridgehead atoms. The minimum Gasteiger partial charge on any atom is -0.495 e. The predicted molar refractivity (Wildman–Crippen MR) is 76.7 cm³/mol. The minimum atomic E-state index is -3.60. The topological polar surface area (TPSA) is 81.4 Å². The number of methoxy groups -OCH3 is 1. The van der Waals surface area contributed by atoms with Crippen molar-refractivity contribution in [2.45, 2.75) is 31.6 Å². The van der Waals surface area contributed by atoms with E-state index in [1.165, 1.54) is 13.2 Å². The van der Waals surface area contributed by atoms with Crippen molar-refractivity contribution in [3.8, 4) is 5.75 Å². The van der Waals surface area contributed by atoms with Gasteiger partial charge in [-0.1, -0.05) is 26.7 Å². The molecule has 0 unspecified atom stereocenters. The zero-order valence-electron chi connectivity index (χ0n) is 11.6. The lowest BCUT2D eigenvalue weighted by atomic mass is 10.0. The van der Waals surface area contributed by atoms with Crippen molar-refractivity contribution in [2.24, 2.45) is 5.92 Å². The SMILES string of the molecule is CCC(CC)CNS(=O)(=O)c1cc(N)ccc1OC. The molecule has 0 aliphatic rings. The molecule has 0 saturated carbocycles. The summed E-state index contributed by atoms with van der Waals surface area (Å²) in [7, 11) is -2.16. The van der Waals surface area contributed by atoms with Gasteiger partial charge in [0.1, 0.15) is 10.6 Å². The number of ether oxygens (including phenoxy) is 1. The van der Waals surface area contributed by atoms with Crippen molar-refractivity contribution in [2.75, 3.05) is 19.4 Å². The van der Waals surface area contributed by atoms with Crippen LogP contribution in [-0.4, -0.2) is 22.1 Å². The number of nitrogen functional groups attached to an aromatic ring is 1. The van der Waals surface area contributed by atoms with Crippen LogP contribution < -0.4 is 15.2 Å². The average molecular weight is 286 g/mol. The van der Waals surface area contributed by atoms with Gasteiger partial charge in [-0.25, -0.2) is 13.1 Å². The Balaban J connectivity index is 2.97. The Morgan fingerprint density at radius 2 is 1.95 bits per heavy atom. The summed E-state index contributed by atoms with van der Waals surface area (Å²) in [6.45, 7) is 4.51. The molecule has 0 radical (unpaired) electrons. The van der Waals surface area contributed by atoms with E-state index >= 15 is 0 Å². The summed E-state index contributed by atoms with van der Waals surface area (Å²) in [5.74, 6) is 0.632. The lowest BCUT2D eigenvalue weighted by Crippen LogP contribution is -2.29. The molecule has 0 saturated heterocycles. The summed E-state index contributed by atoms with van der Waals surface area (Å²) in [5.41, 5.74) is 6.03. The smallest absolute Gasteiger partial charge is 0.244 e. The first-order valence-electron chi connectivity index (χ1n) is 6.37. The molecule has 0 fully saturated rings. The van der Waals surface area contributed by atoms with Crippen molar-refractivity contribution in [3.05, 3.63) is 18.2 Å². The molecule has 0 atom stereocenters. The Kier molecular flexibility index (Phi) is 5.62. The van der Waals surface area contributed by atoms with Gasteiger partial charge in [-0.05, 0) is 24.1 Å². The van der Waals surface area contributed by atoms with E-state index in [2.05, 4.69) is 4.72 Å². The summed E-state index contributed by atoms with van der Waals surface area (Å²) >= 11 is 0. The minimum absolute atomic E-state index is 0.0842. The van der Waals surface area contributed by atoms with E-state index in [1.807, 2.05) is 13.8 Å². The third kappa shape index (κ3) is 4.11. The van der Waals surface area contributed by atoms with Crippen LogP contribution in [0.25, 0.3) is 0 Å². The highest BCUT2D eigenvalue weighted by molar-refractivity contribution is 7.89. The Morgan fingerprint density at radius 3 is 2.47 bits per heavy atom. The van der Waals surface area contributed by atoms with Gasteiger partial charge in [0.15, 0.2) is 0 Å². The summed E-state index contributed by atoms with van der Waals surface area (Å²) in [4.78, 5) is 0.0842. The highest BCUT2D eigenvalue weighted by Gasteiger charge is 2.20. The molecule has 0 aliphatic heterocycles. The van der Waals surface area contributed by atoms with Crippen molar-refractivity contribution in [3.63, 3.8) is 0 Å². The number of hydrogen-bond donors (Lipinski definition) is 2. The first kappa shape index (κ1) is 15.8. The number of benzene rings is 1. The Hall–Kier alpha value is -1.27. The van der Waals surface area contributed by atoms with Gasteiger partial charge in [-0.3, -0.25) is 0 Å². The van der Waals surface area contributed by atoms with Gasteiger partial charge < -0.3 is 10.5 Å². The van der Waals surface area contributed by atoms with Crippen LogP contribution in [0.5, 0.6) is 5.75 Å². The van der Waals surface area contributed by atoms with Crippen molar-refractivity contribution >= 4 is 15.7 Å². The number of nitrogens with one attached hydrogen (secondary N) is 1. The fourth-order valence-corrected chi connectivity index (χ4v) is 3.10. The van der Waals surface area contributed by atoms with Crippen LogP contribution in [0, 0.1) is 5.92 Å². The molecule has 19 heavy (non-hydrogen) atoms. The third-order valence-corrected chi connectivity index (χ3v) is 4.64. The Morgan fingerprint density at radius 1 is 1.32 bits per heavy atom. The van der Waals surface area contributed by atoms with Gasteiger partial charge in [0.2, 0.25) is 10.0 Å². The molecule has 0 aliphatic carbocycles. The van der Waals surface area contributed by atoms with Gasteiger partial charge in [0, 0.05) is 12.2 Å². The quantitative estimate of drug-likeness (QED) is 0.751. The molecule has 5 nitrogen and oxygen atoms in total. The molecular weight excluding hydrogens is 264 g/mol. The number of rotatable bonds is 7. The molecule has 0 aromatic heterocycles. The maximum Gasteiger partial charge on any atom is 0.244 e. The normalized spacial score (nSPS) is 11.8. The molecule has 1 rings (SSSR count). The van der Waals surface area contributed by atoms with E-state index in [1.54, 1.807) is 12.1 Å². The van der Waals surface area contributed by atoms with E-state index < -0.39 is 10.0 Å². The summed E-state index contributed by atoms with van der Waals surface area (Å²) in [6.07, 6.45) is 1.88. The monoisotopic (exact) mass is 286 g/mol. The number of anilines is 1. The van der Waals surface area contributed by atoms with Crippen LogP contribution in [0.1, 0.15) is 26.7 Å². The van der Waals surface area contributed by atoms with E-state index in [0.29, 0.717) is 23.9 Å². The Labute approximate surface area is 115 Å². The van der Waals surface area contributed by atoms with E-state index in [-0.39, 0.29) is 4.90 Å². The van der Waals surface area contributed by atoms with E-state index in [0.717, 1.165) is 12.8 Å². The van der Waals surface area contributed by atoms with Crippen LogP contribution in [0.15, 0.2) is 23.1 Å². The van der Waals surface area contributed by atoms with Crippen LogP contribution >= 0.6 is 0 Å². The van der Waals surface area contributed by atoms with E-state index in [4.69, 9.17) is 10.5 Å². The zero-order chi connectivity index (χ0) is 14.5. The molecular formula is C13H22N2O3S. The highest BCUT2D eigenvalue weighted by atomic mass is 32.2. The fourth-order valence-electron chi connectivity index (χ4n) is 1.79. The second-order valence-electron chi connectivity index (χ2n) is 4.44. The average Bonchev–Trinajstić information content (AvgIpc) is 2.39. The third-order valence-electron chi connectivity index (χ3n) is 3.19. The maximum absolute atomic E-state index is 12.3. The van der Waals surface area contributed by atoms with Crippen molar-refractivity contribution in [1.29, 1.82) is 0 Å². The van der Waals surface area contributed by atoms with Crippen LogP contribution in [0.3, 0.4) is 0 Å². The predicted octanol–water partition coefficient (Wildman–Crippen LogP) is 1.99. The zero-order valence-corrected chi connectivity index (χ0v) is 12.5. The number of sulfonamides is 1. The molecule has 1 aromatic carbocycles. The molecule has 1 aromatic rings. The van der Waals surface area contributed by atoms with Gasteiger partial charge in [-0.15, -0.1) is 0 Å². The second kappa shape index (κ2) is 6.77. The first-order chi connectivity index (χ1) is 8.94. The maximum atomic E-state index is 12.3. The van der Waals surface area contributed by atoms with E-state index in [9.17, 15) is 8.42 Å². The van der Waals surface area contributed by atoms with Crippen molar-refractivity contribution < 1.29 is 13.2 Å². The number of hydrogen-bond acceptors (Lipinski definition) is 4. The summed E-state index contributed by atoms with van der Waals surface area (Å²) in [5, 5.41) is 0. The van der Waals surface area contributed by atoms with Crippen LogP contribution in [0.2, 0.25) is 0 Å². The fraction of sp³-hybridized carbons (Fsp3) is 0.538. The molecule has 108 valence electrons. The lowest BCUT2D eigenvalue weighted by Gasteiger charge is -2.15. The molecule has 6 heteroatoms. The molecule has 0 heterocycles. The van der Waals surface area contributed by atoms with Gasteiger partial charge in [0.05, 0.1) is 7.11 Å². The molecule has 0 spiro atoms. The highest BCUT2D eigenvalue weighted by Crippen LogP contribution is 2.25. The van der Waals surface area contributed by atoms with Crippen LogP contribution in [0.4, 0.5) is 5.69 Å². The van der Waals surface area contributed by atoms with Gasteiger partial charge in [-0.2, -0.15) is 0 Å². The Bertz CT molecular complexity index is 511. The number of nitrogens with two attached hydrogens (primary N) is 1. The summed E-state index contributed by atoms with van der Waals surface area (Å²) in [6, 6.07) is 4.58. The van der Waals surface area contributed by atoms with Gasteiger partial charge >= 0.3 is 0 Å². The van der Waals surface area contributed by atoms with Gasteiger partial charge in [0.25, 0.3) is 0 Å². The van der Waals surface area contributed by atoms with Crippen LogP contribution in [-0.2, 0) is 10.0 Å². The summed E-state index contributed by atoms with van der Waals surface area (Å²) < 4.78 is 32.2. The standard InChI is InChI=1S/C13H22N2O3S/c1-4-10(5-2)9-15-19(16,17)13-8-11(14)6-7-12(13)18-3/h6-8,10,15H,4-5,9,14H2,1-3H3. The lowest BCUT2D eigenvalue weighted by molar-refractivity contribution is 0.402. The second-order valence-corrected chi connectivity index (χ2v) is 6.18. The van der Waals surface area contributed by atoms with Crippen molar-refractivity contribution in [1.82, 2.24) is 4.72 Å². The molecule has 3 N–H and O–H groups in total. The molecule has 0 amide bonds. The first-order valence-corrected chi connectivity index (χ1v) is 7.86.